The molecule has 1 aliphatic heterocycles. The van der Waals surface area contributed by atoms with E-state index in [1.807, 2.05) is 0 Å². The molecule has 20 heavy (non-hydrogen) atoms. The van der Waals surface area contributed by atoms with Gasteiger partial charge in [0, 0.05) is 38.8 Å². The maximum Gasteiger partial charge on any atom is 0.122 e. The van der Waals surface area contributed by atoms with Crippen LogP contribution in [0.15, 0.2) is 0 Å². The zero-order valence-electron chi connectivity index (χ0n) is 13.4. The molecule has 0 aromatic carbocycles. The number of nitriles is 1. The molecule has 4 heteroatoms. The lowest BCUT2D eigenvalue weighted by Crippen LogP contribution is -2.59. The van der Waals surface area contributed by atoms with E-state index in [1.165, 1.54) is 25.8 Å². The molecule has 0 bridgehead atoms. The summed E-state index contributed by atoms with van der Waals surface area (Å²) in [7, 11) is 0. The molecule has 0 radical (unpaired) electrons. The van der Waals surface area contributed by atoms with Gasteiger partial charge in [-0.2, -0.15) is 5.26 Å². The minimum absolute atomic E-state index is 0.318. The second kappa shape index (κ2) is 6.89. The van der Waals surface area contributed by atoms with Crippen LogP contribution in [0.4, 0.5) is 0 Å². The highest BCUT2D eigenvalue weighted by molar-refractivity contribution is 5.17. The quantitative estimate of drug-likeness (QED) is 0.769. The first-order valence-corrected chi connectivity index (χ1v) is 8.23. The molecule has 0 spiro atoms. The van der Waals surface area contributed by atoms with E-state index in [-0.39, 0.29) is 5.54 Å². The highest BCUT2D eigenvalue weighted by atomic mass is 15.3. The van der Waals surface area contributed by atoms with Gasteiger partial charge < -0.3 is 4.90 Å². The summed E-state index contributed by atoms with van der Waals surface area (Å²) in [6.07, 6.45) is 3.66. The maximum absolute atomic E-state index is 9.75. The fourth-order valence-corrected chi connectivity index (χ4v) is 3.38. The average Bonchev–Trinajstić information content (AvgIpc) is 3.24. The standard InChI is InChI=1S/C16H30N4/c1-4-7-19-8-10-20(11-9-19)13-16(12-17,15-5-6-15)18-14(2)3/h14-15,18H,4-11,13H2,1-3H3. The van der Waals surface area contributed by atoms with Crippen molar-refractivity contribution < 1.29 is 0 Å². The first kappa shape index (κ1) is 15.8. The van der Waals surface area contributed by atoms with E-state index >= 15 is 0 Å². The molecule has 0 amide bonds. The third kappa shape index (κ3) is 3.94. The highest BCUT2D eigenvalue weighted by Crippen LogP contribution is 2.40. The van der Waals surface area contributed by atoms with Gasteiger partial charge in [-0.25, -0.2) is 0 Å². The molecule has 1 N–H and O–H groups in total. The van der Waals surface area contributed by atoms with Crippen LogP contribution in [-0.2, 0) is 0 Å². The Morgan fingerprint density at radius 2 is 1.80 bits per heavy atom. The van der Waals surface area contributed by atoms with Crippen LogP contribution >= 0.6 is 0 Å². The molecule has 1 unspecified atom stereocenters. The number of nitrogens with zero attached hydrogens (tertiary/aromatic N) is 3. The summed E-state index contributed by atoms with van der Waals surface area (Å²) in [5.74, 6) is 0.559. The monoisotopic (exact) mass is 278 g/mol. The Hall–Kier alpha value is -0.630. The molecule has 1 atom stereocenters. The van der Waals surface area contributed by atoms with Gasteiger partial charge in [0.25, 0.3) is 0 Å². The third-order valence-corrected chi connectivity index (χ3v) is 4.50. The second-order valence-corrected chi connectivity index (χ2v) is 6.77. The van der Waals surface area contributed by atoms with Crippen molar-refractivity contribution in [1.29, 1.82) is 5.26 Å². The topological polar surface area (TPSA) is 42.3 Å². The average molecular weight is 278 g/mol. The van der Waals surface area contributed by atoms with Gasteiger partial charge in [-0.1, -0.05) is 6.92 Å². The Balaban J connectivity index is 1.91. The Morgan fingerprint density at radius 1 is 1.20 bits per heavy atom. The Labute approximate surface area is 124 Å². The minimum Gasteiger partial charge on any atom is -0.301 e. The number of hydrogen-bond donors (Lipinski definition) is 1. The van der Waals surface area contributed by atoms with Crippen LogP contribution in [0.5, 0.6) is 0 Å². The van der Waals surface area contributed by atoms with E-state index in [4.69, 9.17) is 0 Å². The van der Waals surface area contributed by atoms with Crippen molar-refractivity contribution >= 4 is 0 Å². The maximum atomic E-state index is 9.75. The summed E-state index contributed by atoms with van der Waals surface area (Å²) < 4.78 is 0. The lowest BCUT2D eigenvalue weighted by molar-refractivity contribution is 0.105. The molecule has 4 nitrogen and oxygen atoms in total. The number of rotatable bonds is 7. The summed E-state index contributed by atoms with van der Waals surface area (Å²) in [4.78, 5) is 5.03. The van der Waals surface area contributed by atoms with Crippen LogP contribution in [-0.4, -0.2) is 60.6 Å². The molecule has 1 saturated heterocycles. The molecule has 2 rings (SSSR count). The first-order chi connectivity index (χ1) is 9.59. The van der Waals surface area contributed by atoms with E-state index in [1.54, 1.807) is 0 Å². The summed E-state index contributed by atoms with van der Waals surface area (Å²) in [6, 6.07) is 3.00. The van der Waals surface area contributed by atoms with E-state index in [2.05, 4.69) is 42.0 Å². The summed E-state index contributed by atoms with van der Waals surface area (Å²) in [5, 5.41) is 13.3. The van der Waals surface area contributed by atoms with Crippen LogP contribution in [0.25, 0.3) is 0 Å². The molecule has 1 saturated carbocycles. The number of piperazine rings is 1. The minimum atomic E-state index is -0.318. The molecule has 114 valence electrons. The lowest BCUT2D eigenvalue weighted by Gasteiger charge is -2.40. The van der Waals surface area contributed by atoms with Gasteiger partial charge in [0.1, 0.15) is 5.54 Å². The normalized spacial score (nSPS) is 24.6. The van der Waals surface area contributed by atoms with Crippen LogP contribution < -0.4 is 5.32 Å². The molecule has 2 fully saturated rings. The lowest BCUT2D eigenvalue weighted by atomic mass is 9.92. The zero-order chi connectivity index (χ0) is 14.6. The molecule has 1 aliphatic carbocycles. The van der Waals surface area contributed by atoms with Crippen molar-refractivity contribution in [2.75, 3.05) is 39.3 Å². The van der Waals surface area contributed by atoms with Crippen molar-refractivity contribution in [1.82, 2.24) is 15.1 Å². The van der Waals surface area contributed by atoms with Gasteiger partial charge in [0.15, 0.2) is 0 Å². The molecule has 0 aromatic heterocycles. The SMILES string of the molecule is CCCN1CCN(CC(C#N)(NC(C)C)C2CC2)CC1. The van der Waals surface area contributed by atoms with Crippen molar-refractivity contribution in [3.8, 4) is 6.07 Å². The highest BCUT2D eigenvalue weighted by Gasteiger charge is 2.47. The van der Waals surface area contributed by atoms with Crippen molar-refractivity contribution in [2.24, 2.45) is 5.92 Å². The van der Waals surface area contributed by atoms with E-state index in [9.17, 15) is 5.26 Å². The van der Waals surface area contributed by atoms with Gasteiger partial charge in [-0.15, -0.1) is 0 Å². The Bertz CT molecular complexity index is 337. The Kier molecular flexibility index (Phi) is 5.42. The first-order valence-electron chi connectivity index (χ1n) is 8.23. The van der Waals surface area contributed by atoms with Gasteiger partial charge in [0.05, 0.1) is 6.07 Å². The largest absolute Gasteiger partial charge is 0.301 e. The third-order valence-electron chi connectivity index (χ3n) is 4.50. The van der Waals surface area contributed by atoms with Crippen LogP contribution in [0.2, 0.25) is 0 Å². The van der Waals surface area contributed by atoms with Crippen LogP contribution in [0, 0.1) is 17.2 Å². The molecular formula is C16H30N4. The smallest absolute Gasteiger partial charge is 0.122 e. The van der Waals surface area contributed by atoms with Crippen molar-refractivity contribution in [2.45, 2.75) is 51.6 Å². The van der Waals surface area contributed by atoms with Crippen LogP contribution in [0.3, 0.4) is 0 Å². The Morgan fingerprint density at radius 3 is 2.25 bits per heavy atom. The number of nitrogens with one attached hydrogen (secondary N) is 1. The predicted octanol–water partition coefficient (Wildman–Crippen LogP) is 1.68. The summed E-state index contributed by atoms with van der Waals surface area (Å²) in [6.45, 7) is 13.2. The van der Waals surface area contributed by atoms with Gasteiger partial charge in [-0.3, -0.25) is 10.2 Å². The molecule has 2 aliphatic rings. The number of hydrogen-bond acceptors (Lipinski definition) is 4. The molecular weight excluding hydrogens is 248 g/mol. The molecule has 0 aromatic rings. The summed E-state index contributed by atoms with van der Waals surface area (Å²) >= 11 is 0. The van der Waals surface area contributed by atoms with Gasteiger partial charge in [0.2, 0.25) is 0 Å². The van der Waals surface area contributed by atoms with Gasteiger partial charge >= 0.3 is 0 Å². The van der Waals surface area contributed by atoms with E-state index < -0.39 is 0 Å². The van der Waals surface area contributed by atoms with Crippen LogP contribution in [0.1, 0.15) is 40.0 Å². The molecule has 1 heterocycles. The second-order valence-electron chi connectivity index (χ2n) is 6.77. The van der Waals surface area contributed by atoms with Crippen molar-refractivity contribution in [3.05, 3.63) is 0 Å². The fraction of sp³-hybridized carbons (Fsp3) is 0.938. The summed E-state index contributed by atoms with van der Waals surface area (Å²) in [5.41, 5.74) is -0.318. The van der Waals surface area contributed by atoms with E-state index in [0.29, 0.717) is 12.0 Å². The predicted molar refractivity (Wildman–Crippen MR) is 82.5 cm³/mol. The van der Waals surface area contributed by atoms with E-state index in [0.717, 1.165) is 32.7 Å². The van der Waals surface area contributed by atoms with Crippen molar-refractivity contribution in [3.63, 3.8) is 0 Å². The zero-order valence-corrected chi connectivity index (χ0v) is 13.4. The van der Waals surface area contributed by atoms with Gasteiger partial charge in [-0.05, 0) is 45.6 Å². The fourth-order valence-electron chi connectivity index (χ4n) is 3.38.